The third-order valence-electron chi connectivity index (χ3n) is 4.42. The highest BCUT2D eigenvalue weighted by Crippen LogP contribution is 2.29. The molecule has 0 unspecified atom stereocenters. The van der Waals surface area contributed by atoms with Crippen molar-refractivity contribution in [3.05, 3.63) is 78.6 Å². The molecule has 6 nitrogen and oxygen atoms in total. The molecule has 6 heteroatoms. The van der Waals surface area contributed by atoms with Crippen LogP contribution in [0.2, 0.25) is 0 Å². The predicted molar refractivity (Wildman–Crippen MR) is 107 cm³/mol. The van der Waals surface area contributed by atoms with Crippen LogP contribution in [0, 0.1) is 0 Å². The van der Waals surface area contributed by atoms with E-state index in [9.17, 15) is 5.11 Å². The van der Waals surface area contributed by atoms with Crippen molar-refractivity contribution in [2.24, 2.45) is 0 Å². The quantitative estimate of drug-likeness (QED) is 0.506. The number of aliphatic hydroxyl groups excluding tert-OH is 1. The van der Waals surface area contributed by atoms with Crippen LogP contribution in [0.3, 0.4) is 0 Å². The molecule has 0 aliphatic heterocycles. The lowest BCUT2D eigenvalue weighted by Gasteiger charge is -2.18. The lowest BCUT2D eigenvalue weighted by atomic mass is 10.1. The Balaban J connectivity index is 1.73. The van der Waals surface area contributed by atoms with Gasteiger partial charge in [-0.25, -0.2) is 9.97 Å². The smallest absolute Gasteiger partial charge is 0.170 e. The van der Waals surface area contributed by atoms with Gasteiger partial charge in [0.25, 0.3) is 0 Å². The molecule has 0 bridgehead atoms. The second-order valence-electron chi connectivity index (χ2n) is 6.15. The van der Waals surface area contributed by atoms with E-state index in [4.69, 9.17) is 5.73 Å². The maximum Gasteiger partial charge on any atom is 0.170 e. The molecule has 0 saturated carbocycles. The monoisotopic (exact) mass is 357 g/mol. The van der Waals surface area contributed by atoms with Gasteiger partial charge < -0.3 is 16.2 Å². The fraction of sp³-hybridized carbons (Fsp3) is 0.0952. The first-order valence-corrected chi connectivity index (χ1v) is 8.65. The van der Waals surface area contributed by atoms with Gasteiger partial charge in [-0.3, -0.25) is 4.98 Å². The number of aromatic nitrogens is 3. The first kappa shape index (κ1) is 16.9. The maximum atomic E-state index is 9.80. The Bertz CT molecular complexity index is 1060. The zero-order chi connectivity index (χ0) is 18.6. The molecule has 134 valence electrons. The van der Waals surface area contributed by atoms with Crippen LogP contribution in [-0.2, 0) is 0 Å². The van der Waals surface area contributed by atoms with Crippen LogP contribution in [0.1, 0.15) is 11.6 Å². The Morgan fingerprint density at radius 3 is 2.63 bits per heavy atom. The van der Waals surface area contributed by atoms with Gasteiger partial charge in [-0.2, -0.15) is 0 Å². The summed E-state index contributed by atoms with van der Waals surface area (Å²) in [6.07, 6.45) is 3.41. The molecule has 0 fully saturated rings. The number of nitrogens with zero attached hydrogens (tertiary/aromatic N) is 3. The van der Waals surface area contributed by atoms with E-state index in [1.807, 2.05) is 60.7 Å². The molecule has 2 aromatic carbocycles. The van der Waals surface area contributed by atoms with Gasteiger partial charge >= 0.3 is 0 Å². The third kappa shape index (κ3) is 3.43. The minimum Gasteiger partial charge on any atom is -0.394 e. The van der Waals surface area contributed by atoms with Crippen molar-refractivity contribution in [1.29, 1.82) is 0 Å². The Kier molecular flexibility index (Phi) is 4.63. The molecule has 1 atom stereocenters. The standard InChI is InChI=1S/C21H19N5O/c22-20-21(26-19(13-27)14-6-2-1-3-7-14)25-18(12-24-20)16-8-4-10-17-15(16)9-5-11-23-17/h1-12,19,27H,13H2,(H2,22,24)(H,25,26)/t19-/m0/s1. The molecule has 0 radical (unpaired) electrons. The van der Waals surface area contributed by atoms with Gasteiger partial charge in [0.2, 0.25) is 0 Å². The molecule has 0 saturated heterocycles. The first-order valence-electron chi connectivity index (χ1n) is 8.65. The molecule has 4 rings (SSSR count). The van der Waals surface area contributed by atoms with Crippen LogP contribution in [-0.4, -0.2) is 26.7 Å². The number of nitrogens with two attached hydrogens (primary N) is 1. The molecule has 0 amide bonds. The number of hydrogen-bond acceptors (Lipinski definition) is 6. The second kappa shape index (κ2) is 7.39. The summed E-state index contributed by atoms with van der Waals surface area (Å²) >= 11 is 0. The van der Waals surface area contributed by atoms with Gasteiger partial charge in [0.1, 0.15) is 0 Å². The predicted octanol–water partition coefficient (Wildman–Crippen LogP) is 3.42. The number of nitrogen functional groups attached to an aromatic ring is 1. The lowest BCUT2D eigenvalue weighted by Crippen LogP contribution is -2.17. The Hall–Kier alpha value is -3.51. The lowest BCUT2D eigenvalue weighted by molar-refractivity contribution is 0.276. The first-order chi connectivity index (χ1) is 13.3. The van der Waals surface area contributed by atoms with Crippen LogP contribution >= 0.6 is 0 Å². The van der Waals surface area contributed by atoms with E-state index in [2.05, 4.69) is 20.3 Å². The highest BCUT2D eigenvalue weighted by molar-refractivity contribution is 5.93. The molecule has 2 heterocycles. The fourth-order valence-corrected chi connectivity index (χ4v) is 3.05. The number of nitrogens with one attached hydrogen (secondary N) is 1. The van der Waals surface area contributed by atoms with Crippen molar-refractivity contribution >= 4 is 22.5 Å². The van der Waals surface area contributed by atoms with E-state index < -0.39 is 0 Å². The van der Waals surface area contributed by atoms with Crippen molar-refractivity contribution in [1.82, 2.24) is 15.0 Å². The average Bonchev–Trinajstić information content (AvgIpc) is 2.73. The summed E-state index contributed by atoms with van der Waals surface area (Å²) < 4.78 is 0. The molecule has 0 aliphatic rings. The van der Waals surface area contributed by atoms with Crippen molar-refractivity contribution < 1.29 is 5.11 Å². The van der Waals surface area contributed by atoms with Crippen molar-refractivity contribution in [2.75, 3.05) is 17.7 Å². The van der Waals surface area contributed by atoms with Gasteiger partial charge in [-0.05, 0) is 17.7 Å². The summed E-state index contributed by atoms with van der Waals surface area (Å²) in [5.41, 5.74) is 9.48. The van der Waals surface area contributed by atoms with Gasteiger partial charge in [0, 0.05) is 17.1 Å². The fourth-order valence-electron chi connectivity index (χ4n) is 3.05. The van der Waals surface area contributed by atoms with E-state index in [1.165, 1.54) is 0 Å². The molecule has 4 N–H and O–H groups in total. The van der Waals surface area contributed by atoms with Gasteiger partial charge in [0.15, 0.2) is 11.6 Å². The van der Waals surface area contributed by atoms with Crippen molar-refractivity contribution in [3.63, 3.8) is 0 Å². The molecule has 0 spiro atoms. The zero-order valence-corrected chi connectivity index (χ0v) is 14.6. The number of fused-ring (bicyclic) bond motifs is 1. The Morgan fingerprint density at radius 1 is 0.963 bits per heavy atom. The topological polar surface area (TPSA) is 97.0 Å². The SMILES string of the molecule is Nc1ncc(-c2cccc3ncccc23)nc1N[C@@H](CO)c1ccccc1. The van der Waals surface area contributed by atoms with E-state index in [0.717, 1.165) is 22.0 Å². The molecule has 4 aromatic rings. The van der Waals surface area contributed by atoms with Crippen LogP contribution in [0.4, 0.5) is 11.6 Å². The van der Waals surface area contributed by atoms with Crippen LogP contribution < -0.4 is 11.1 Å². The molecule has 0 aliphatic carbocycles. The molecule has 27 heavy (non-hydrogen) atoms. The maximum absolute atomic E-state index is 9.80. The summed E-state index contributed by atoms with van der Waals surface area (Å²) in [5, 5.41) is 14.0. The van der Waals surface area contributed by atoms with E-state index in [0.29, 0.717) is 11.5 Å². The Morgan fingerprint density at radius 2 is 1.81 bits per heavy atom. The summed E-state index contributed by atoms with van der Waals surface area (Å²) in [6, 6.07) is 19.1. The highest BCUT2D eigenvalue weighted by atomic mass is 16.3. The van der Waals surface area contributed by atoms with Gasteiger partial charge in [0.05, 0.1) is 30.1 Å². The summed E-state index contributed by atoms with van der Waals surface area (Å²) in [6.45, 7) is -0.0897. The minimum atomic E-state index is -0.327. The molecular weight excluding hydrogens is 338 g/mol. The van der Waals surface area contributed by atoms with Crippen molar-refractivity contribution in [3.8, 4) is 11.3 Å². The van der Waals surface area contributed by atoms with Crippen molar-refractivity contribution in [2.45, 2.75) is 6.04 Å². The largest absolute Gasteiger partial charge is 0.394 e. The summed E-state index contributed by atoms with van der Waals surface area (Å²) in [5.74, 6) is 0.725. The van der Waals surface area contributed by atoms with Gasteiger partial charge in [-0.15, -0.1) is 0 Å². The number of pyridine rings is 1. The highest BCUT2D eigenvalue weighted by Gasteiger charge is 2.15. The second-order valence-corrected chi connectivity index (χ2v) is 6.15. The number of benzene rings is 2. The van der Waals surface area contributed by atoms with Crippen LogP contribution in [0.25, 0.3) is 22.2 Å². The Labute approximate surface area is 156 Å². The van der Waals surface area contributed by atoms with Crippen LogP contribution in [0.15, 0.2) is 73.1 Å². The normalized spacial score (nSPS) is 12.0. The average molecular weight is 357 g/mol. The van der Waals surface area contributed by atoms with E-state index >= 15 is 0 Å². The summed E-state index contributed by atoms with van der Waals surface area (Å²) in [7, 11) is 0. The summed E-state index contributed by atoms with van der Waals surface area (Å²) in [4.78, 5) is 13.3. The number of aliphatic hydroxyl groups is 1. The molecule has 2 aromatic heterocycles. The van der Waals surface area contributed by atoms with E-state index in [-0.39, 0.29) is 18.5 Å². The number of anilines is 2. The van der Waals surface area contributed by atoms with E-state index in [1.54, 1.807) is 12.4 Å². The number of hydrogen-bond donors (Lipinski definition) is 3. The van der Waals surface area contributed by atoms with Crippen LogP contribution in [0.5, 0.6) is 0 Å². The third-order valence-corrected chi connectivity index (χ3v) is 4.42. The zero-order valence-electron chi connectivity index (χ0n) is 14.6. The molecular formula is C21H19N5O. The van der Waals surface area contributed by atoms with Gasteiger partial charge in [-0.1, -0.05) is 48.5 Å². The minimum absolute atomic E-state index is 0.0897. The number of rotatable bonds is 5.